The SMILES string of the molecule is O=C(NCCc1ccc(Cl)cc1)C1(c2cccc(Cl)c2)CC1. The molecule has 0 atom stereocenters. The first-order valence-electron chi connectivity index (χ1n) is 7.39. The number of halogens is 2. The van der Waals surface area contributed by atoms with E-state index in [0.717, 1.165) is 35.4 Å². The molecule has 2 nitrogen and oxygen atoms in total. The number of hydrogen-bond donors (Lipinski definition) is 1. The van der Waals surface area contributed by atoms with Crippen molar-refractivity contribution in [3.05, 3.63) is 69.7 Å². The van der Waals surface area contributed by atoms with Gasteiger partial charge >= 0.3 is 0 Å². The summed E-state index contributed by atoms with van der Waals surface area (Å²) in [6.07, 6.45) is 2.58. The van der Waals surface area contributed by atoms with Crippen LogP contribution in [0.5, 0.6) is 0 Å². The van der Waals surface area contributed by atoms with E-state index < -0.39 is 0 Å². The van der Waals surface area contributed by atoms with Crippen LogP contribution in [-0.2, 0) is 16.6 Å². The van der Waals surface area contributed by atoms with Crippen molar-refractivity contribution in [2.24, 2.45) is 0 Å². The zero-order chi connectivity index (χ0) is 15.6. The molecule has 1 fully saturated rings. The molecule has 1 amide bonds. The number of rotatable bonds is 5. The molecule has 0 unspecified atom stereocenters. The normalized spacial score (nSPS) is 15.4. The van der Waals surface area contributed by atoms with Gasteiger partial charge in [0, 0.05) is 16.6 Å². The third-order valence-electron chi connectivity index (χ3n) is 4.17. The smallest absolute Gasteiger partial charge is 0.230 e. The van der Waals surface area contributed by atoms with Crippen LogP contribution >= 0.6 is 23.2 Å². The van der Waals surface area contributed by atoms with Crippen molar-refractivity contribution in [1.82, 2.24) is 5.32 Å². The summed E-state index contributed by atoms with van der Waals surface area (Å²) in [6, 6.07) is 15.3. The minimum Gasteiger partial charge on any atom is -0.355 e. The van der Waals surface area contributed by atoms with Crippen molar-refractivity contribution in [2.75, 3.05) is 6.54 Å². The van der Waals surface area contributed by atoms with Gasteiger partial charge in [-0.15, -0.1) is 0 Å². The Balaban J connectivity index is 1.59. The van der Waals surface area contributed by atoms with E-state index in [4.69, 9.17) is 23.2 Å². The van der Waals surface area contributed by atoms with Crippen LogP contribution in [0.2, 0.25) is 10.0 Å². The standard InChI is InChI=1S/C18H17Cl2NO/c19-15-6-4-13(5-7-15)8-11-21-17(22)18(9-10-18)14-2-1-3-16(20)12-14/h1-7,12H,8-11H2,(H,21,22). The Morgan fingerprint density at radius 1 is 1.05 bits per heavy atom. The lowest BCUT2D eigenvalue weighted by atomic mass is 9.95. The second kappa shape index (κ2) is 6.31. The third-order valence-corrected chi connectivity index (χ3v) is 4.66. The molecule has 1 aliphatic rings. The monoisotopic (exact) mass is 333 g/mol. The fourth-order valence-electron chi connectivity index (χ4n) is 2.70. The molecule has 0 radical (unpaired) electrons. The second-order valence-corrected chi connectivity index (χ2v) is 6.60. The minimum absolute atomic E-state index is 0.101. The maximum atomic E-state index is 12.5. The van der Waals surface area contributed by atoms with Crippen molar-refractivity contribution < 1.29 is 4.79 Å². The molecule has 1 saturated carbocycles. The van der Waals surface area contributed by atoms with Gasteiger partial charge in [-0.25, -0.2) is 0 Å². The molecule has 0 saturated heterocycles. The number of hydrogen-bond acceptors (Lipinski definition) is 1. The topological polar surface area (TPSA) is 29.1 Å². The molecule has 3 rings (SSSR count). The lowest BCUT2D eigenvalue weighted by Gasteiger charge is -2.16. The van der Waals surface area contributed by atoms with Crippen LogP contribution in [0.15, 0.2) is 48.5 Å². The molecular formula is C18H17Cl2NO. The van der Waals surface area contributed by atoms with Crippen molar-refractivity contribution in [2.45, 2.75) is 24.7 Å². The largest absolute Gasteiger partial charge is 0.355 e. The fraction of sp³-hybridized carbons (Fsp3) is 0.278. The van der Waals surface area contributed by atoms with Crippen molar-refractivity contribution >= 4 is 29.1 Å². The Bertz CT molecular complexity index is 678. The maximum Gasteiger partial charge on any atom is 0.230 e. The van der Waals surface area contributed by atoms with Gasteiger partial charge in [0.2, 0.25) is 5.91 Å². The van der Waals surface area contributed by atoms with Crippen LogP contribution in [0.3, 0.4) is 0 Å². The van der Waals surface area contributed by atoms with Crippen LogP contribution < -0.4 is 5.32 Å². The van der Waals surface area contributed by atoms with Crippen LogP contribution in [0, 0.1) is 0 Å². The summed E-state index contributed by atoms with van der Waals surface area (Å²) in [6.45, 7) is 0.628. The predicted octanol–water partition coefficient (Wildman–Crippen LogP) is 4.38. The first-order valence-corrected chi connectivity index (χ1v) is 8.14. The van der Waals surface area contributed by atoms with Gasteiger partial charge in [-0.05, 0) is 54.7 Å². The van der Waals surface area contributed by atoms with E-state index in [2.05, 4.69) is 5.32 Å². The van der Waals surface area contributed by atoms with Gasteiger partial charge in [0.1, 0.15) is 0 Å². The highest BCUT2D eigenvalue weighted by Crippen LogP contribution is 2.48. The average Bonchev–Trinajstić information content (AvgIpc) is 3.31. The Kier molecular flexibility index (Phi) is 4.42. The van der Waals surface area contributed by atoms with Crippen LogP contribution in [0.4, 0.5) is 0 Å². The summed E-state index contributed by atoms with van der Waals surface area (Å²) in [5.41, 5.74) is 1.81. The lowest BCUT2D eigenvalue weighted by Crippen LogP contribution is -2.35. The third kappa shape index (κ3) is 3.29. The lowest BCUT2D eigenvalue weighted by molar-refractivity contribution is -0.123. The summed E-state index contributed by atoms with van der Waals surface area (Å²) in [4.78, 5) is 12.5. The zero-order valence-corrected chi connectivity index (χ0v) is 13.6. The van der Waals surface area contributed by atoms with Gasteiger partial charge < -0.3 is 5.32 Å². The van der Waals surface area contributed by atoms with Gasteiger partial charge in [0.15, 0.2) is 0 Å². The second-order valence-electron chi connectivity index (χ2n) is 5.72. The van der Waals surface area contributed by atoms with Crippen molar-refractivity contribution in [3.63, 3.8) is 0 Å². The van der Waals surface area contributed by atoms with E-state index in [1.54, 1.807) is 0 Å². The van der Waals surface area contributed by atoms with E-state index in [9.17, 15) is 4.79 Å². The molecule has 0 aromatic heterocycles. The van der Waals surface area contributed by atoms with Crippen LogP contribution in [-0.4, -0.2) is 12.5 Å². The molecule has 2 aromatic rings. The number of carbonyl (C=O) groups is 1. The van der Waals surface area contributed by atoms with Crippen molar-refractivity contribution in [1.29, 1.82) is 0 Å². The van der Waals surface area contributed by atoms with Gasteiger partial charge in [-0.1, -0.05) is 47.5 Å². The molecule has 1 N–H and O–H groups in total. The van der Waals surface area contributed by atoms with E-state index in [-0.39, 0.29) is 11.3 Å². The molecule has 114 valence electrons. The van der Waals surface area contributed by atoms with Crippen molar-refractivity contribution in [3.8, 4) is 0 Å². The Morgan fingerprint density at radius 2 is 1.77 bits per heavy atom. The number of benzene rings is 2. The highest BCUT2D eigenvalue weighted by Gasteiger charge is 2.51. The first kappa shape index (κ1) is 15.4. The highest BCUT2D eigenvalue weighted by molar-refractivity contribution is 6.30. The molecule has 4 heteroatoms. The minimum atomic E-state index is -0.370. The van der Waals surface area contributed by atoms with E-state index in [0.29, 0.717) is 11.6 Å². The van der Waals surface area contributed by atoms with Gasteiger partial charge in [0.05, 0.1) is 5.41 Å². The first-order chi connectivity index (χ1) is 10.6. The molecule has 0 bridgehead atoms. The number of amides is 1. The van der Waals surface area contributed by atoms with Crippen LogP contribution in [0.1, 0.15) is 24.0 Å². The summed E-state index contributed by atoms with van der Waals surface area (Å²) in [5.74, 6) is 0.101. The van der Waals surface area contributed by atoms with Crippen LogP contribution in [0.25, 0.3) is 0 Å². The molecular weight excluding hydrogens is 317 g/mol. The molecule has 0 spiro atoms. The number of carbonyl (C=O) groups excluding carboxylic acids is 1. The van der Waals surface area contributed by atoms with Gasteiger partial charge in [-0.2, -0.15) is 0 Å². The number of nitrogens with one attached hydrogen (secondary N) is 1. The van der Waals surface area contributed by atoms with Gasteiger partial charge in [0.25, 0.3) is 0 Å². The quantitative estimate of drug-likeness (QED) is 0.864. The molecule has 22 heavy (non-hydrogen) atoms. The maximum absolute atomic E-state index is 12.5. The summed E-state index contributed by atoms with van der Waals surface area (Å²) in [7, 11) is 0. The summed E-state index contributed by atoms with van der Waals surface area (Å²) < 4.78 is 0. The molecule has 2 aromatic carbocycles. The highest BCUT2D eigenvalue weighted by atomic mass is 35.5. The van der Waals surface area contributed by atoms with E-state index in [1.807, 2.05) is 48.5 Å². The van der Waals surface area contributed by atoms with E-state index >= 15 is 0 Å². The average molecular weight is 334 g/mol. The summed E-state index contributed by atoms with van der Waals surface area (Å²) in [5, 5.41) is 4.46. The zero-order valence-electron chi connectivity index (χ0n) is 12.1. The Morgan fingerprint density at radius 3 is 2.41 bits per heavy atom. The predicted molar refractivity (Wildman–Crippen MR) is 90.5 cm³/mol. The molecule has 0 aliphatic heterocycles. The molecule has 0 heterocycles. The molecule has 1 aliphatic carbocycles. The summed E-state index contributed by atoms with van der Waals surface area (Å²) >= 11 is 11.9. The fourth-order valence-corrected chi connectivity index (χ4v) is 3.01. The van der Waals surface area contributed by atoms with E-state index in [1.165, 1.54) is 0 Å². The van der Waals surface area contributed by atoms with Gasteiger partial charge in [-0.3, -0.25) is 4.79 Å². The Labute approximate surface area is 140 Å². The Hall–Kier alpha value is -1.51.